The van der Waals surface area contributed by atoms with E-state index in [1.807, 2.05) is 30.3 Å². The second-order valence-corrected chi connectivity index (χ2v) is 9.92. The number of nitrogens with zero attached hydrogens (tertiary/aromatic N) is 1. The van der Waals surface area contributed by atoms with Gasteiger partial charge in [0, 0.05) is 25.1 Å². The molecular weight excluding hydrogens is 536 g/mol. The molecule has 1 aromatic heterocycles. The van der Waals surface area contributed by atoms with Gasteiger partial charge in [-0.1, -0.05) is 30.3 Å². The third-order valence-corrected chi connectivity index (χ3v) is 6.71. The fourth-order valence-electron chi connectivity index (χ4n) is 4.44. The molecule has 4 rings (SSSR count). The number of pyridine rings is 1. The van der Waals surface area contributed by atoms with Gasteiger partial charge in [-0.3, -0.25) is 14.4 Å². The van der Waals surface area contributed by atoms with Gasteiger partial charge in [-0.05, 0) is 31.7 Å². The maximum Gasteiger partial charge on any atom is 0.331 e. The minimum absolute atomic E-state index is 0.0746. The molecular formula is C29H34N2O10. The van der Waals surface area contributed by atoms with E-state index in [-0.39, 0.29) is 48.2 Å². The lowest BCUT2D eigenvalue weighted by Gasteiger charge is -2.30. The first-order valence-electron chi connectivity index (χ1n) is 13.4. The third kappa shape index (κ3) is 8.16. The molecule has 1 aliphatic heterocycles. The maximum atomic E-state index is 13.3. The Labute approximate surface area is 237 Å². The van der Waals surface area contributed by atoms with Gasteiger partial charge in [0.2, 0.25) is 6.79 Å². The van der Waals surface area contributed by atoms with Crippen LogP contribution in [0.4, 0.5) is 0 Å². The quantitative estimate of drug-likeness (QED) is 0.255. The summed E-state index contributed by atoms with van der Waals surface area (Å²) in [5.41, 5.74) is 0.817. The van der Waals surface area contributed by atoms with Crippen molar-refractivity contribution in [1.82, 2.24) is 10.3 Å². The molecule has 12 heteroatoms. The molecule has 2 heterocycles. The van der Waals surface area contributed by atoms with Crippen LogP contribution in [0.25, 0.3) is 0 Å². The number of amides is 1. The number of ether oxygens (including phenoxy) is 6. The number of rotatable bonds is 10. The highest BCUT2D eigenvalue weighted by atomic mass is 16.7. The number of nitrogens with one attached hydrogen (secondary N) is 1. The smallest absolute Gasteiger partial charge is 0.331 e. The van der Waals surface area contributed by atoms with E-state index < -0.39 is 42.9 Å². The Balaban J connectivity index is 1.51. The van der Waals surface area contributed by atoms with Gasteiger partial charge in [-0.25, -0.2) is 9.78 Å². The summed E-state index contributed by atoms with van der Waals surface area (Å²) in [5, 5.41) is 2.59. The number of benzene rings is 1. The van der Waals surface area contributed by atoms with E-state index in [1.165, 1.54) is 26.3 Å². The Morgan fingerprint density at radius 2 is 1.85 bits per heavy atom. The zero-order valence-electron chi connectivity index (χ0n) is 23.2. The first-order valence-corrected chi connectivity index (χ1v) is 13.4. The van der Waals surface area contributed by atoms with Crippen LogP contribution in [-0.4, -0.2) is 74.2 Å². The molecule has 1 saturated carbocycles. The molecule has 1 aliphatic carbocycles. The van der Waals surface area contributed by atoms with Crippen molar-refractivity contribution in [3.8, 4) is 11.5 Å². The predicted molar refractivity (Wildman–Crippen MR) is 142 cm³/mol. The first-order chi connectivity index (χ1) is 19.8. The van der Waals surface area contributed by atoms with Gasteiger partial charge in [-0.15, -0.1) is 0 Å². The van der Waals surface area contributed by atoms with E-state index in [9.17, 15) is 19.2 Å². The third-order valence-electron chi connectivity index (χ3n) is 6.71. The van der Waals surface area contributed by atoms with Gasteiger partial charge in [-0.2, -0.15) is 0 Å². The van der Waals surface area contributed by atoms with Crippen molar-refractivity contribution in [3.63, 3.8) is 0 Å². The van der Waals surface area contributed by atoms with Crippen LogP contribution in [0.2, 0.25) is 0 Å². The van der Waals surface area contributed by atoms with Crippen molar-refractivity contribution in [1.29, 1.82) is 0 Å². The SMILES string of the molecule is COc1ccnc(C(=O)NC2COCC(Cc3ccccc3)C(OC(=O)C3CC3)C(C)OC2=O)c1OCOC(C)=O. The van der Waals surface area contributed by atoms with Crippen molar-refractivity contribution in [3.05, 3.63) is 53.9 Å². The van der Waals surface area contributed by atoms with E-state index in [1.54, 1.807) is 6.92 Å². The number of cyclic esters (lactones) is 1. The molecule has 0 radical (unpaired) electrons. The number of esters is 3. The summed E-state index contributed by atoms with van der Waals surface area (Å²) in [5.74, 6) is -2.77. The van der Waals surface area contributed by atoms with Crippen LogP contribution < -0.4 is 14.8 Å². The average molecular weight is 571 g/mol. The lowest BCUT2D eigenvalue weighted by Crippen LogP contribution is -2.47. The molecule has 2 fully saturated rings. The summed E-state index contributed by atoms with van der Waals surface area (Å²) in [4.78, 5) is 54.3. The van der Waals surface area contributed by atoms with Gasteiger partial charge < -0.3 is 33.7 Å². The van der Waals surface area contributed by atoms with Gasteiger partial charge in [0.15, 0.2) is 23.2 Å². The van der Waals surface area contributed by atoms with Crippen LogP contribution in [0.5, 0.6) is 11.5 Å². The average Bonchev–Trinajstić information content (AvgIpc) is 3.80. The van der Waals surface area contributed by atoms with Gasteiger partial charge in [0.1, 0.15) is 12.2 Å². The highest BCUT2D eigenvalue weighted by molar-refractivity contribution is 5.98. The molecule has 2 aliphatic rings. The van der Waals surface area contributed by atoms with Gasteiger partial charge in [0.05, 0.1) is 26.2 Å². The van der Waals surface area contributed by atoms with Gasteiger partial charge in [0.25, 0.3) is 5.91 Å². The number of carbonyl (C=O) groups excluding carboxylic acids is 4. The molecule has 0 spiro atoms. The Morgan fingerprint density at radius 1 is 1.10 bits per heavy atom. The summed E-state index contributed by atoms with van der Waals surface area (Å²) in [7, 11) is 1.37. The highest BCUT2D eigenvalue weighted by Gasteiger charge is 2.40. The standard InChI is InChI=1S/C29H34N2O10/c1-17-25(41-28(34)20-9-10-20)21(13-19-7-5-4-6-8-19)14-37-15-22(29(35)40-17)31-27(33)24-26(39-16-38-18(2)32)23(36-3)11-12-30-24/h4-8,11-12,17,20-22,25H,9-10,13-16H2,1-3H3,(H,31,33). The van der Waals surface area contributed by atoms with E-state index in [0.717, 1.165) is 18.4 Å². The molecule has 220 valence electrons. The minimum Gasteiger partial charge on any atom is -0.493 e. The number of hydrogen-bond donors (Lipinski definition) is 1. The highest BCUT2D eigenvalue weighted by Crippen LogP contribution is 2.33. The van der Waals surface area contributed by atoms with Gasteiger partial charge >= 0.3 is 17.9 Å². The lowest BCUT2D eigenvalue weighted by atomic mass is 9.91. The van der Waals surface area contributed by atoms with Crippen LogP contribution in [0.15, 0.2) is 42.6 Å². The van der Waals surface area contributed by atoms with Crippen LogP contribution in [0.1, 0.15) is 42.7 Å². The molecule has 1 saturated heterocycles. The van der Waals surface area contributed by atoms with Crippen molar-refractivity contribution < 1.29 is 47.6 Å². The van der Waals surface area contributed by atoms with Crippen molar-refractivity contribution >= 4 is 23.8 Å². The number of hydrogen-bond acceptors (Lipinski definition) is 11. The molecule has 4 unspecified atom stereocenters. The van der Waals surface area contributed by atoms with Crippen LogP contribution >= 0.6 is 0 Å². The Kier molecular flexibility index (Phi) is 10.1. The lowest BCUT2D eigenvalue weighted by molar-refractivity contribution is -0.172. The summed E-state index contributed by atoms with van der Waals surface area (Å²) >= 11 is 0. The van der Waals surface area contributed by atoms with E-state index >= 15 is 0 Å². The van der Waals surface area contributed by atoms with E-state index in [4.69, 9.17) is 28.4 Å². The molecule has 1 aromatic carbocycles. The normalized spacial score (nSPS) is 22.7. The Hall–Kier alpha value is -4.19. The molecule has 0 bridgehead atoms. The zero-order chi connectivity index (χ0) is 29.4. The fourth-order valence-corrected chi connectivity index (χ4v) is 4.44. The predicted octanol–water partition coefficient (Wildman–Crippen LogP) is 2.23. The zero-order valence-corrected chi connectivity index (χ0v) is 23.2. The summed E-state index contributed by atoms with van der Waals surface area (Å²) in [6, 6.07) is 9.95. The van der Waals surface area contributed by atoms with Crippen molar-refractivity contribution in [2.45, 2.75) is 51.4 Å². The Bertz CT molecular complexity index is 1230. The number of aromatic nitrogens is 1. The molecule has 1 amide bonds. The topological polar surface area (TPSA) is 149 Å². The van der Waals surface area contributed by atoms with Crippen LogP contribution in [-0.2, 0) is 39.8 Å². The van der Waals surface area contributed by atoms with Crippen LogP contribution in [0.3, 0.4) is 0 Å². The second kappa shape index (κ2) is 13.9. The molecule has 4 atom stereocenters. The maximum absolute atomic E-state index is 13.3. The monoisotopic (exact) mass is 570 g/mol. The van der Waals surface area contributed by atoms with E-state index in [2.05, 4.69) is 10.3 Å². The fraction of sp³-hybridized carbons (Fsp3) is 0.483. The van der Waals surface area contributed by atoms with E-state index in [0.29, 0.717) is 6.42 Å². The molecule has 1 N–H and O–H groups in total. The molecule has 12 nitrogen and oxygen atoms in total. The number of carbonyl (C=O) groups is 4. The summed E-state index contributed by atoms with van der Waals surface area (Å²) in [6.07, 6.45) is 1.86. The van der Waals surface area contributed by atoms with Crippen molar-refractivity contribution in [2.24, 2.45) is 11.8 Å². The Morgan fingerprint density at radius 3 is 2.54 bits per heavy atom. The first kappa shape index (κ1) is 29.8. The molecule has 41 heavy (non-hydrogen) atoms. The minimum atomic E-state index is -1.20. The largest absolute Gasteiger partial charge is 0.493 e. The molecule has 2 aromatic rings. The number of methoxy groups -OCH3 is 1. The second-order valence-electron chi connectivity index (χ2n) is 9.92. The summed E-state index contributed by atoms with van der Waals surface area (Å²) in [6.45, 7) is 2.35. The van der Waals surface area contributed by atoms with Crippen LogP contribution in [0, 0.1) is 11.8 Å². The van der Waals surface area contributed by atoms with Crippen molar-refractivity contribution in [2.75, 3.05) is 27.1 Å². The summed E-state index contributed by atoms with van der Waals surface area (Å²) < 4.78 is 33.0.